The van der Waals surface area contributed by atoms with Gasteiger partial charge in [-0.15, -0.1) is 0 Å². The zero-order valence-corrected chi connectivity index (χ0v) is 7.98. The van der Waals surface area contributed by atoms with E-state index in [9.17, 15) is 0 Å². The lowest BCUT2D eigenvalue weighted by Gasteiger charge is -2.05. The summed E-state index contributed by atoms with van der Waals surface area (Å²) in [4.78, 5) is 0. The lowest BCUT2D eigenvalue weighted by molar-refractivity contribution is 0.407. The van der Waals surface area contributed by atoms with Gasteiger partial charge in [0.25, 0.3) is 0 Å². The first kappa shape index (κ1) is 8.45. The first-order valence-electron chi connectivity index (χ1n) is 5.08. The molecule has 1 radical (unpaired) electrons. The molecule has 1 aromatic carbocycles. The summed E-state index contributed by atoms with van der Waals surface area (Å²) in [6.07, 6.45) is 4.07. The van der Waals surface area contributed by atoms with Crippen LogP contribution in [-0.4, -0.2) is 25.4 Å². The monoisotopic (exact) mass is 189 g/mol. The van der Waals surface area contributed by atoms with Crippen LogP contribution in [-0.2, 0) is 15.9 Å². The van der Waals surface area contributed by atoms with Crippen molar-refractivity contribution in [3.8, 4) is 0 Å². The molecule has 2 saturated heterocycles. The Morgan fingerprint density at radius 3 is 2.71 bits per heavy atom. The number of ether oxygens (including phenoxy) is 2. The van der Waals surface area contributed by atoms with Crippen molar-refractivity contribution in [2.45, 2.75) is 18.6 Å². The molecule has 0 N–H and O–H groups in total. The van der Waals surface area contributed by atoms with Gasteiger partial charge in [0.2, 0.25) is 0 Å². The minimum atomic E-state index is 0.358. The predicted octanol–water partition coefficient (Wildman–Crippen LogP) is 1.58. The van der Waals surface area contributed by atoms with Crippen LogP contribution in [0.4, 0.5) is 0 Å². The van der Waals surface area contributed by atoms with Gasteiger partial charge >= 0.3 is 0 Å². The molecule has 0 bridgehead atoms. The predicted molar refractivity (Wildman–Crippen MR) is 53.0 cm³/mol. The summed E-state index contributed by atoms with van der Waals surface area (Å²) >= 11 is 0. The fourth-order valence-corrected chi connectivity index (χ4v) is 1.67. The Hall–Kier alpha value is -0.860. The zero-order valence-electron chi connectivity index (χ0n) is 7.98. The molecule has 2 fully saturated rings. The molecule has 1 aromatic rings. The highest BCUT2D eigenvalue weighted by molar-refractivity contribution is 5.35. The highest BCUT2D eigenvalue weighted by Gasteiger charge is 2.27. The van der Waals surface area contributed by atoms with Gasteiger partial charge in [-0.1, -0.05) is 24.3 Å². The molecule has 2 heterocycles. The van der Waals surface area contributed by atoms with Crippen LogP contribution in [0, 0.1) is 6.42 Å². The van der Waals surface area contributed by atoms with Gasteiger partial charge in [0.15, 0.2) is 0 Å². The van der Waals surface area contributed by atoms with Gasteiger partial charge < -0.3 is 9.47 Å². The van der Waals surface area contributed by atoms with Crippen LogP contribution in [0.3, 0.4) is 0 Å². The van der Waals surface area contributed by atoms with E-state index in [1.54, 1.807) is 0 Å². The average Bonchev–Trinajstić information content (AvgIpc) is 3.01. The van der Waals surface area contributed by atoms with Crippen molar-refractivity contribution in [1.29, 1.82) is 0 Å². The SMILES string of the molecule is [CH](c1ccccc1CC1CO1)C1CO1. The molecule has 0 aromatic heterocycles. The summed E-state index contributed by atoms with van der Waals surface area (Å²) in [6.45, 7) is 1.81. The maximum atomic E-state index is 5.24. The first-order chi connectivity index (χ1) is 6.92. The third-order valence-corrected chi connectivity index (χ3v) is 2.63. The van der Waals surface area contributed by atoms with Gasteiger partial charge in [0.1, 0.15) is 0 Å². The zero-order chi connectivity index (χ0) is 9.38. The largest absolute Gasteiger partial charge is 0.373 e. The topological polar surface area (TPSA) is 25.1 Å². The maximum absolute atomic E-state index is 5.24. The highest BCUT2D eigenvalue weighted by atomic mass is 16.6. The van der Waals surface area contributed by atoms with E-state index in [4.69, 9.17) is 9.47 Å². The fraction of sp³-hybridized carbons (Fsp3) is 0.417. The molecule has 2 heteroatoms. The standard InChI is InChI=1S/C12H13O2/c1-2-4-10(6-12-8-14-12)9(3-1)5-11-7-13-11/h1-5,11-12H,6-8H2. The van der Waals surface area contributed by atoms with Crippen molar-refractivity contribution >= 4 is 0 Å². The Labute approximate surface area is 83.8 Å². The number of epoxide rings is 2. The molecule has 2 aliphatic heterocycles. The van der Waals surface area contributed by atoms with Crippen LogP contribution in [0.25, 0.3) is 0 Å². The second kappa shape index (κ2) is 3.37. The average molecular weight is 189 g/mol. The summed E-state index contributed by atoms with van der Waals surface area (Å²) in [5.41, 5.74) is 2.69. The normalized spacial score (nSPS) is 28.9. The first-order valence-corrected chi connectivity index (χ1v) is 5.08. The van der Waals surface area contributed by atoms with Crippen LogP contribution in [0.1, 0.15) is 11.1 Å². The van der Waals surface area contributed by atoms with Crippen LogP contribution < -0.4 is 0 Å². The molecular formula is C12H13O2. The molecule has 2 aliphatic rings. The Kier molecular flexibility index (Phi) is 2.03. The highest BCUT2D eigenvalue weighted by Crippen LogP contribution is 2.24. The molecular weight excluding hydrogens is 176 g/mol. The Morgan fingerprint density at radius 2 is 2.00 bits per heavy atom. The second-order valence-electron chi connectivity index (χ2n) is 3.90. The Bertz CT molecular complexity index is 294. The van der Waals surface area contributed by atoms with E-state index >= 15 is 0 Å². The van der Waals surface area contributed by atoms with Crippen molar-refractivity contribution in [2.24, 2.45) is 0 Å². The van der Waals surface area contributed by atoms with E-state index in [0.717, 1.165) is 19.6 Å². The Morgan fingerprint density at radius 1 is 1.21 bits per heavy atom. The van der Waals surface area contributed by atoms with E-state index in [2.05, 4.69) is 30.7 Å². The number of rotatable bonds is 4. The summed E-state index contributed by atoms with van der Waals surface area (Å²) < 4.78 is 10.4. The van der Waals surface area contributed by atoms with Crippen LogP contribution in [0.2, 0.25) is 0 Å². The summed E-state index contributed by atoms with van der Waals surface area (Å²) in [6, 6.07) is 8.49. The molecule has 0 aliphatic carbocycles. The smallest absolute Gasteiger partial charge is 0.0885 e. The van der Waals surface area contributed by atoms with Crippen LogP contribution in [0.15, 0.2) is 24.3 Å². The lowest BCUT2D eigenvalue weighted by Crippen LogP contribution is -2.00. The van der Waals surface area contributed by atoms with Crippen LogP contribution >= 0.6 is 0 Å². The molecule has 14 heavy (non-hydrogen) atoms. The number of benzene rings is 1. The van der Waals surface area contributed by atoms with Crippen molar-refractivity contribution in [3.63, 3.8) is 0 Å². The van der Waals surface area contributed by atoms with E-state index < -0.39 is 0 Å². The molecule has 0 spiro atoms. The minimum absolute atomic E-state index is 0.358. The quantitative estimate of drug-likeness (QED) is 0.672. The minimum Gasteiger partial charge on any atom is -0.373 e. The van der Waals surface area contributed by atoms with Crippen molar-refractivity contribution < 1.29 is 9.47 Å². The summed E-state index contributed by atoms with van der Waals surface area (Å²) in [7, 11) is 0. The van der Waals surface area contributed by atoms with E-state index in [1.807, 2.05) is 0 Å². The van der Waals surface area contributed by atoms with Gasteiger partial charge in [-0.3, -0.25) is 0 Å². The third-order valence-electron chi connectivity index (χ3n) is 2.63. The van der Waals surface area contributed by atoms with Gasteiger partial charge in [-0.25, -0.2) is 0 Å². The van der Waals surface area contributed by atoms with Crippen molar-refractivity contribution in [2.75, 3.05) is 13.2 Å². The van der Waals surface area contributed by atoms with Crippen molar-refractivity contribution in [3.05, 3.63) is 41.8 Å². The molecule has 0 amide bonds. The molecule has 2 atom stereocenters. The molecule has 0 saturated carbocycles. The fourth-order valence-electron chi connectivity index (χ4n) is 1.67. The Balaban J connectivity index is 1.76. The van der Waals surface area contributed by atoms with Gasteiger partial charge in [0, 0.05) is 12.8 Å². The van der Waals surface area contributed by atoms with Gasteiger partial charge in [-0.05, 0) is 11.1 Å². The van der Waals surface area contributed by atoms with Gasteiger partial charge in [-0.2, -0.15) is 0 Å². The van der Waals surface area contributed by atoms with Crippen molar-refractivity contribution in [1.82, 2.24) is 0 Å². The number of hydrogen-bond donors (Lipinski definition) is 0. The number of hydrogen-bond acceptors (Lipinski definition) is 2. The third kappa shape index (κ3) is 1.97. The van der Waals surface area contributed by atoms with E-state index in [0.29, 0.717) is 12.2 Å². The van der Waals surface area contributed by atoms with Gasteiger partial charge in [0.05, 0.1) is 25.4 Å². The maximum Gasteiger partial charge on any atom is 0.0885 e. The molecule has 2 nitrogen and oxygen atoms in total. The molecule has 3 rings (SSSR count). The van der Waals surface area contributed by atoms with Crippen LogP contribution in [0.5, 0.6) is 0 Å². The lowest BCUT2D eigenvalue weighted by atomic mass is 9.99. The summed E-state index contributed by atoms with van der Waals surface area (Å²) in [5.74, 6) is 0. The molecule has 73 valence electrons. The van der Waals surface area contributed by atoms with E-state index in [1.165, 1.54) is 11.1 Å². The molecule has 2 unspecified atom stereocenters. The van der Waals surface area contributed by atoms with E-state index in [-0.39, 0.29) is 0 Å². The second-order valence-corrected chi connectivity index (χ2v) is 3.90. The summed E-state index contributed by atoms with van der Waals surface area (Å²) in [5, 5.41) is 0.